The summed E-state index contributed by atoms with van der Waals surface area (Å²) in [7, 11) is 5.62. The van der Waals surface area contributed by atoms with Crippen molar-refractivity contribution >= 4 is 17.4 Å². The molecule has 7 heteroatoms. The Balaban J connectivity index is 2.13. The van der Waals surface area contributed by atoms with Gasteiger partial charge in [-0.25, -0.2) is 0 Å². The largest absolute Gasteiger partial charge is 0.496 e. The van der Waals surface area contributed by atoms with Crippen LogP contribution in [0.25, 0.3) is 0 Å². The van der Waals surface area contributed by atoms with Crippen molar-refractivity contribution in [2.45, 2.75) is 19.4 Å². The molecule has 0 aliphatic carbocycles. The molecule has 1 amide bonds. The van der Waals surface area contributed by atoms with E-state index in [0.29, 0.717) is 17.8 Å². The molecule has 0 saturated carbocycles. The normalized spacial score (nSPS) is 12.2. The number of amides is 1. The summed E-state index contributed by atoms with van der Waals surface area (Å²) in [5.74, 6) is 0.688. The van der Waals surface area contributed by atoms with E-state index in [9.17, 15) is 4.79 Å². The lowest BCUT2D eigenvalue weighted by Crippen LogP contribution is -2.34. The van der Waals surface area contributed by atoms with E-state index in [4.69, 9.17) is 4.74 Å². The minimum atomic E-state index is -0.126. The molecule has 1 atom stereocenters. The Kier molecular flexibility index (Phi) is 6.06. The van der Waals surface area contributed by atoms with E-state index in [1.54, 1.807) is 7.11 Å². The van der Waals surface area contributed by atoms with Gasteiger partial charge in [-0.15, -0.1) is 5.10 Å². The van der Waals surface area contributed by atoms with Gasteiger partial charge >= 0.3 is 0 Å². The summed E-state index contributed by atoms with van der Waals surface area (Å²) in [6.45, 7) is 2.44. The summed E-state index contributed by atoms with van der Waals surface area (Å²) < 4.78 is 9.30. The van der Waals surface area contributed by atoms with Crippen molar-refractivity contribution in [1.29, 1.82) is 0 Å². The Morgan fingerprint density at radius 3 is 2.78 bits per heavy atom. The number of hydrogen-bond donors (Lipinski definition) is 1. The molecule has 2 rings (SSSR count). The quantitative estimate of drug-likeness (QED) is 0.840. The van der Waals surface area contributed by atoms with Crippen molar-refractivity contribution in [2.24, 2.45) is 0 Å². The Labute approximate surface area is 140 Å². The van der Waals surface area contributed by atoms with E-state index in [0.717, 1.165) is 28.5 Å². The number of benzene rings is 1. The molecule has 2 aromatic rings. The first-order chi connectivity index (χ1) is 11.1. The molecule has 23 heavy (non-hydrogen) atoms. The maximum atomic E-state index is 12.4. The lowest BCUT2D eigenvalue weighted by molar-refractivity contribution is 0.0944. The monoisotopic (exact) mass is 334 g/mol. The fourth-order valence-electron chi connectivity index (χ4n) is 2.39. The van der Waals surface area contributed by atoms with Gasteiger partial charge in [-0.3, -0.25) is 4.79 Å². The number of likely N-dealkylation sites (N-methyl/N-ethyl adjacent to an activating group) is 1. The summed E-state index contributed by atoms with van der Waals surface area (Å²) in [6.07, 6.45) is 0.697. The van der Waals surface area contributed by atoms with E-state index in [-0.39, 0.29) is 11.9 Å². The molecule has 124 valence electrons. The van der Waals surface area contributed by atoms with Crippen molar-refractivity contribution in [3.8, 4) is 5.75 Å². The van der Waals surface area contributed by atoms with Crippen molar-refractivity contribution in [2.75, 3.05) is 27.7 Å². The molecule has 1 heterocycles. The van der Waals surface area contributed by atoms with E-state index in [1.165, 1.54) is 0 Å². The Bertz CT molecular complexity index is 657. The number of carbonyl (C=O) groups is 1. The SMILES string of the molecule is CCc1nnsc1C(=O)NC[C@@H](c1ccccc1OC)N(C)C. The molecule has 0 aliphatic rings. The number of nitrogens with zero attached hydrogens (tertiary/aromatic N) is 3. The van der Waals surface area contributed by atoms with E-state index >= 15 is 0 Å². The summed E-state index contributed by atoms with van der Waals surface area (Å²) in [5, 5.41) is 6.97. The number of hydrogen-bond acceptors (Lipinski definition) is 6. The van der Waals surface area contributed by atoms with Gasteiger partial charge in [0.2, 0.25) is 0 Å². The minimum absolute atomic E-state index is 0.0149. The highest BCUT2D eigenvalue weighted by atomic mass is 32.1. The zero-order valence-corrected chi connectivity index (χ0v) is 14.7. The molecular formula is C16H22N4O2S. The highest BCUT2D eigenvalue weighted by Crippen LogP contribution is 2.27. The molecule has 0 aliphatic heterocycles. The molecule has 1 N–H and O–H groups in total. The van der Waals surface area contributed by atoms with Gasteiger partial charge in [0.1, 0.15) is 10.6 Å². The van der Waals surface area contributed by atoms with Crippen LogP contribution < -0.4 is 10.1 Å². The predicted molar refractivity (Wildman–Crippen MR) is 91.0 cm³/mol. The van der Waals surface area contributed by atoms with Crippen LogP contribution in [0.3, 0.4) is 0 Å². The first-order valence-electron chi connectivity index (χ1n) is 7.47. The molecule has 0 radical (unpaired) electrons. The predicted octanol–water partition coefficient (Wildman–Crippen LogP) is 2.14. The fraction of sp³-hybridized carbons (Fsp3) is 0.438. The first kappa shape index (κ1) is 17.4. The number of ether oxygens (including phenoxy) is 1. The number of aromatic nitrogens is 2. The number of aryl methyl sites for hydroxylation is 1. The van der Waals surface area contributed by atoms with Gasteiger partial charge in [0.25, 0.3) is 5.91 Å². The topological polar surface area (TPSA) is 67.3 Å². The lowest BCUT2D eigenvalue weighted by Gasteiger charge is -2.26. The molecule has 1 aromatic carbocycles. The lowest BCUT2D eigenvalue weighted by atomic mass is 10.0. The fourth-order valence-corrected chi connectivity index (χ4v) is 3.06. The van der Waals surface area contributed by atoms with Crippen LogP contribution in [-0.4, -0.2) is 48.1 Å². The van der Waals surface area contributed by atoms with Crippen LogP contribution in [0, 0.1) is 0 Å². The second-order valence-corrected chi connectivity index (χ2v) is 6.09. The summed E-state index contributed by atoms with van der Waals surface area (Å²) >= 11 is 1.13. The molecule has 6 nitrogen and oxygen atoms in total. The van der Waals surface area contributed by atoms with E-state index < -0.39 is 0 Å². The van der Waals surface area contributed by atoms with Gasteiger partial charge in [0.05, 0.1) is 18.8 Å². The third kappa shape index (κ3) is 4.05. The van der Waals surface area contributed by atoms with E-state index in [1.807, 2.05) is 45.3 Å². The van der Waals surface area contributed by atoms with Crippen molar-refractivity contribution in [3.05, 3.63) is 40.4 Å². The minimum Gasteiger partial charge on any atom is -0.496 e. The van der Waals surface area contributed by atoms with Crippen LogP contribution in [0.5, 0.6) is 5.75 Å². The van der Waals surface area contributed by atoms with Crippen LogP contribution in [0.2, 0.25) is 0 Å². The number of rotatable bonds is 7. The first-order valence-corrected chi connectivity index (χ1v) is 8.24. The van der Waals surface area contributed by atoms with Gasteiger partial charge in [0, 0.05) is 12.1 Å². The molecule has 0 spiro atoms. The van der Waals surface area contributed by atoms with Crippen molar-refractivity contribution in [1.82, 2.24) is 19.8 Å². The summed E-state index contributed by atoms with van der Waals surface area (Å²) in [4.78, 5) is 15.0. The average molecular weight is 334 g/mol. The summed E-state index contributed by atoms with van der Waals surface area (Å²) in [6, 6.07) is 7.86. The second-order valence-electron chi connectivity index (χ2n) is 5.33. The van der Waals surface area contributed by atoms with Gasteiger partial charge in [-0.05, 0) is 38.1 Å². The average Bonchev–Trinajstić information content (AvgIpc) is 3.03. The highest BCUT2D eigenvalue weighted by molar-refractivity contribution is 7.08. The zero-order chi connectivity index (χ0) is 16.8. The maximum absolute atomic E-state index is 12.4. The standard InChI is InChI=1S/C16H22N4O2S/c1-5-12-15(23-19-18-12)16(21)17-10-13(20(2)3)11-8-6-7-9-14(11)22-4/h6-9,13H,5,10H2,1-4H3,(H,17,21)/t13-/m0/s1. The van der Waals surface area contributed by atoms with E-state index in [2.05, 4.69) is 19.8 Å². The third-order valence-corrected chi connectivity index (χ3v) is 4.44. The Hall–Kier alpha value is -1.99. The highest BCUT2D eigenvalue weighted by Gasteiger charge is 2.21. The van der Waals surface area contributed by atoms with Crippen LogP contribution in [0.15, 0.2) is 24.3 Å². The van der Waals surface area contributed by atoms with Crippen molar-refractivity contribution < 1.29 is 9.53 Å². The van der Waals surface area contributed by atoms with Gasteiger partial charge in [0.15, 0.2) is 0 Å². The van der Waals surface area contributed by atoms with Gasteiger partial charge in [-0.1, -0.05) is 29.6 Å². The number of para-hydroxylation sites is 1. The second kappa shape index (κ2) is 8.03. The van der Waals surface area contributed by atoms with Crippen LogP contribution in [-0.2, 0) is 6.42 Å². The van der Waals surface area contributed by atoms with Crippen LogP contribution >= 0.6 is 11.5 Å². The summed E-state index contributed by atoms with van der Waals surface area (Å²) in [5.41, 5.74) is 1.78. The molecule has 0 saturated heterocycles. The molecule has 1 aromatic heterocycles. The zero-order valence-electron chi connectivity index (χ0n) is 13.9. The van der Waals surface area contributed by atoms with Gasteiger partial charge in [-0.2, -0.15) is 0 Å². The number of nitrogens with one attached hydrogen (secondary N) is 1. The molecule has 0 unspecified atom stereocenters. The van der Waals surface area contributed by atoms with Crippen LogP contribution in [0.1, 0.15) is 33.9 Å². The molecule has 0 fully saturated rings. The molecular weight excluding hydrogens is 312 g/mol. The van der Waals surface area contributed by atoms with Crippen molar-refractivity contribution in [3.63, 3.8) is 0 Å². The number of methoxy groups -OCH3 is 1. The van der Waals surface area contributed by atoms with Gasteiger partial charge < -0.3 is 15.0 Å². The Morgan fingerprint density at radius 1 is 1.39 bits per heavy atom. The Morgan fingerprint density at radius 2 is 2.13 bits per heavy atom. The molecule has 0 bridgehead atoms. The number of carbonyl (C=O) groups excluding carboxylic acids is 1. The third-order valence-electron chi connectivity index (χ3n) is 3.67. The maximum Gasteiger partial charge on any atom is 0.265 e. The smallest absolute Gasteiger partial charge is 0.265 e. The van der Waals surface area contributed by atoms with Crippen LogP contribution in [0.4, 0.5) is 0 Å².